The number of benzene rings is 3. The minimum atomic E-state index is -0.652. The first kappa shape index (κ1) is 24.9. The van der Waals surface area contributed by atoms with Crippen LogP contribution in [0.15, 0.2) is 84.9 Å². The summed E-state index contributed by atoms with van der Waals surface area (Å²) < 4.78 is 5.58. The first-order valence-electron chi connectivity index (χ1n) is 12.2. The number of hydrogen-bond acceptors (Lipinski definition) is 6. The molecule has 1 heterocycles. The summed E-state index contributed by atoms with van der Waals surface area (Å²) in [5.74, 6) is 0.776. The molecular formula is C28H33N3O4. The van der Waals surface area contributed by atoms with Gasteiger partial charge < -0.3 is 14.7 Å². The summed E-state index contributed by atoms with van der Waals surface area (Å²) in [5, 5.41) is 21.3. The Morgan fingerprint density at radius 3 is 2.06 bits per heavy atom. The third-order valence-electron chi connectivity index (χ3n) is 6.54. The minimum absolute atomic E-state index is 0.0186. The van der Waals surface area contributed by atoms with Crippen molar-refractivity contribution in [1.29, 1.82) is 0 Å². The van der Waals surface area contributed by atoms with E-state index >= 15 is 0 Å². The van der Waals surface area contributed by atoms with Crippen molar-refractivity contribution in [2.75, 3.05) is 45.9 Å². The van der Waals surface area contributed by atoms with Gasteiger partial charge in [0, 0.05) is 44.7 Å². The number of hydrogen-bond donors (Lipinski definition) is 1. The van der Waals surface area contributed by atoms with Gasteiger partial charge in [-0.15, -0.1) is 0 Å². The minimum Gasteiger partial charge on any atom is -0.491 e. The van der Waals surface area contributed by atoms with E-state index in [-0.39, 0.29) is 12.3 Å². The van der Waals surface area contributed by atoms with Crippen molar-refractivity contribution in [3.05, 3.63) is 106 Å². The quantitative estimate of drug-likeness (QED) is 0.331. The Balaban J connectivity index is 1.22. The molecule has 4 rings (SSSR count). The summed E-state index contributed by atoms with van der Waals surface area (Å²) in [6, 6.07) is 27.5. The SMILES string of the molecule is O=[N+]([O-])c1cccc(OCC(O)CN2CCN(CCC(c3ccccc3)c3ccccc3)CC2)c1. The largest absolute Gasteiger partial charge is 0.491 e. The number of rotatable bonds is 11. The van der Waals surface area contributed by atoms with Gasteiger partial charge in [0.15, 0.2) is 0 Å². The first-order chi connectivity index (χ1) is 17.1. The van der Waals surface area contributed by atoms with E-state index < -0.39 is 11.0 Å². The van der Waals surface area contributed by atoms with Crippen LogP contribution in [-0.2, 0) is 0 Å². The maximum Gasteiger partial charge on any atom is 0.273 e. The second-order valence-electron chi connectivity index (χ2n) is 9.02. The molecule has 7 heteroatoms. The normalized spacial score (nSPS) is 15.7. The molecule has 1 aliphatic rings. The number of nitrogens with zero attached hydrogens (tertiary/aromatic N) is 3. The lowest BCUT2D eigenvalue weighted by Gasteiger charge is -2.36. The van der Waals surface area contributed by atoms with Gasteiger partial charge in [0.2, 0.25) is 0 Å². The fraction of sp³-hybridized carbons (Fsp3) is 0.357. The van der Waals surface area contributed by atoms with Gasteiger partial charge in [-0.25, -0.2) is 0 Å². The van der Waals surface area contributed by atoms with Gasteiger partial charge in [0.25, 0.3) is 5.69 Å². The third-order valence-corrected chi connectivity index (χ3v) is 6.54. The van der Waals surface area contributed by atoms with Crippen LogP contribution in [0.2, 0.25) is 0 Å². The number of piperazine rings is 1. The van der Waals surface area contributed by atoms with E-state index in [1.165, 1.54) is 23.3 Å². The van der Waals surface area contributed by atoms with E-state index in [0.717, 1.165) is 39.1 Å². The maximum absolute atomic E-state index is 10.9. The Bertz CT molecular complexity index is 1020. The van der Waals surface area contributed by atoms with Crippen molar-refractivity contribution in [1.82, 2.24) is 9.80 Å². The zero-order valence-corrected chi connectivity index (χ0v) is 19.9. The fourth-order valence-corrected chi connectivity index (χ4v) is 4.63. The van der Waals surface area contributed by atoms with Crippen molar-refractivity contribution < 1.29 is 14.8 Å². The standard InChI is InChI=1S/C28H33N3O4/c32-26(22-35-27-13-7-12-25(20-27)31(33)34)21-30-18-16-29(17-19-30)15-14-28(23-8-3-1-4-9-23)24-10-5-2-6-11-24/h1-13,20,26,28,32H,14-19,21-22H2. The summed E-state index contributed by atoms with van der Waals surface area (Å²) in [5.41, 5.74) is 2.68. The summed E-state index contributed by atoms with van der Waals surface area (Å²) in [7, 11) is 0. The van der Waals surface area contributed by atoms with Crippen LogP contribution in [0.1, 0.15) is 23.5 Å². The molecule has 1 unspecified atom stereocenters. The molecule has 3 aromatic rings. The predicted octanol–water partition coefficient (Wildman–Crippen LogP) is 4.17. The van der Waals surface area contributed by atoms with E-state index in [1.807, 2.05) is 0 Å². The number of ether oxygens (including phenoxy) is 1. The van der Waals surface area contributed by atoms with Gasteiger partial charge in [0.1, 0.15) is 18.5 Å². The Hall–Kier alpha value is -3.26. The van der Waals surface area contributed by atoms with Crippen LogP contribution < -0.4 is 4.74 Å². The molecule has 0 spiro atoms. The van der Waals surface area contributed by atoms with E-state index in [0.29, 0.717) is 18.2 Å². The molecule has 0 saturated carbocycles. The van der Waals surface area contributed by atoms with Crippen molar-refractivity contribution in [2.24, 2.45) is 0 Å². The molecule has 184 valence electrons. The molecular weight excluding hydrogens is 442 g/mol. The van der Waals surface area contributed by atoms with Crippen LogP contribution in [0, 0.1) is 10.1 Å². The highest BCUT2D eigenvalue weighted by Crippen LogP contribution is 2.28. The molecule has 1 saturated heterocycles. The summed E-state index contributed by atoms with van der Waals surface area (Å²) >= 11 is 0. The van der Waals surface area contributed by atoms with Crippen LogP contribution >= 0.6 is 0 Å². The predicted molar refractivity (Wildman–Crippen MR) is 137 cm³/mol. The number of non-ortho nitro benzene ring substituents is 1. The maximum atomic E-state index is 10.9. The van der Waals surface area contributed by atoms with Gasteiger partial charge in [-0.2, -0.15) is 0 Å². The molecule has 0 aromatic heterocycles. The lowest BCUT2D eigenvalue weighted by molar-refractivity contribution is -0.384. The number of nitro groups is 1. The monoisotopic (exact) mass is 475 g/mol. The zero-order valence-electron chi connectivity index (χ0n) is 19.9. The Kier molecular flexibility index (Phi) is 8.84. The van der Waals surface area contributed by atoms with Crippen molar-refractivity contribution in [3.63, 3.8) is 0 Å². The Morgan fingerprint density at radius 1 is 0.857 bits per heavy atom. The molecule has 0 radical (unpaired) electrons. The number of aliphatic hydroxyl groups is 1. The highest BCUT2D eigenvalue weighted by molar-refractivity contribution is 5.38. The molecule has 3 aromatic carbocycles. The summed E-state index contributed by atoms with van der Waals surface area (Å²) in [6.07, 6.45) is 0.412. The average Bonchev–Trinajstić information content (AvgIpc) is 2.90. The van der Waals surface area contributed by atoms with Gasteiger partial charge >= 0.3 is 0 Å². The van der Waals surface area contributed by atoms with Crippen molar-refractivity contribution >= 4 is 5.69 Å². The number of β-amino-alcohol motifs (C(OH)–C–C–N with tert-alkyl or cyclic N) is 1. The molecule has 1 aliphatic heterocycles. The van der Waals surface area contributed by atoms with E-state index in [4.69, 9.17) is 4.74 Å². The van der Waals surface area contributed by atoms with Crippen LogP contribution in [0.5, 0.6) is 5.75 Å². The second kappa shape index (κ2) is 12.4. The van der Waals surface area contributed by atoms with E-state index in [9.17, 15) is 15.2 Å². The number of nitro benzene ring substituents is 1. The van der Waals surface area contributed by atoms with Crippen LogP contribution in [0.4, 0.5) is 5.69 Å². The molecule has 0 bridgehead atoms. The Morgan fingerprint density at radius 2 is 1.46 bits per heavy atom. The zero-order chi connectivity index (χ0) is 24.5. The lowest BCUT2D eigenvalue weighted by atomic mass is 9.88. The fourth-order valence-electron chi connectivity index (χ4n) is 4.63. The molecule has 1 atom stereocenters. The molecule has 0 amide bonds. The lowest BCUT2D eigenvalue weighted by Crippen LogP contribution is -2.49. The average molecular weight is 476 g/mol. The topological polar surface area (TPSA) is 79.1 Å². The summed E-state index contributed by atoms with van der Waals surface area (Å²) in [4.78, 5) is 15.2. The van der Waals surface area contributed by atoms with E-state index in [2.05, 4.69) is 70.5 Å². The van der Waals surface area contributed by atoms with Crippen LogP contribution in [0.25, 0.3) is 0 Å². The Labute approximate surface area is 206 Å². The van der Waals surface area contributed by atoms with Crippen molar-refractivity contribution in [3.8, 4) is 5.75 Å². The summed E-state index contributed by atoms with van der Waals surface area (Å²) in [6.45, 7) is 5.39. The van der Waals surface area contributed by atoms with Gasteiger partial charge in [-0.3, -0.25) is 15.0 Å². The molecule has 1 N–H and O–H groups in total. The second-order valence-corrected chi connectivity index (χ2v) is 9.02. The molecule has 1 fully saturated rings. The van der Waals surface area contributed by atoms with E-state index in [1.54, 1.807) is 12.1 Å². The van der Waals surface area contributed by atoms with Crippen molar-refractivity contribution in [2.45, 2.75) is 18.4 Å². The van der Waals surface area contributed by atoms with Gasteiger partial charge in [0.05, 0.1) is 11.0 Å². The highest BCUT2D eigenvalue weighted by atomic mass is 16.6. The molecule has 35 heavy (non-hydrogen) atoms. The first-order valence-corrected chi connectivity index (χ1v) is 12.2. The molecule has 7 nitrogen and oxygen atoms in total. The third kappa shape index (κ3) is 7.36. The van der Waals surface area contributed by atoms with Crippen LogP contribution in [-0.4, -0.2) is 71.8 Å². The van der Waals surface area contributed by atoms with Gasteiger partial charge in [-0.1, -0.05) is 66.7 Å². The smallest absolute Gasteiger partial charge is 0.273 e. The number of aliphatic hydroxyl groups excluding tert-OH is 1. The molecule has 0 aliphatic carbocycles. The van der Waals surface area contributed by atoms with Gasteiger partial charge in [-0.05, 0) is 30.2 Å². The highest BCUT2D eigenvalue weighted by Gasteiger charge is 2.21. The van der Waals surface area contributed by atoms with Crippen LogP contribution in [0.3, 0.4) is 0 Å².